The Balaban J connectivity index is 1.97. The molecule has 2 aliphatic rings. The highest BCUT2D eigenvalue weighted by atomic mass is 16.5. The second-order valence-electron chi connectivity index (χ2n) is 6.79. The van der Waals surface area contributed by atoms with Gasteiger partial charge in [-0.15, -0.1) is 0 Å². The Labute approximate surface area is 140 Å². The lowest BCUT2D eigenvalue weighted by atomic mass is 9.73. The fourth-order valence-corrected chi connectivity index (χ4v) is 3.66. The van der Waals surface area contributed by atoms with Crippen LogP contribution < -0.4 is 10.6 Å². The number of morpholine rings is 1. The molecule has 23 heavy (non-hydrogen) atoms. The molecule has 0 amide bonds. The van der Waals surface area contributed by atoms with Crippen LogP contribution in [0.25, 0.3) is 0 Å². The van der Waals surface area contributed by atoms with Gasteiger partial charge in [-0.25, -0.2) is 0 Å². The van der Waals surface area contributed by atoms with Gasteiger partial charge in [0.2, 0.25) is 0 Å². The topological polar surface area (TPSA) is 69.1 Å². The number of nitrogens with zero attached hydrogens (tertiary/aromatic N) is 2. The van der Waals surface area contributed by atoms with Crippen LogP contribution >= 0.6 is 0 Å². The van der Waals surface area contributed by atoms with Crippen LogP contribution in [0, 0.1) is 5.41 Å². The second kappa shape index (κ2) is 10.1. The average Bonchev–Trinajstić information content (AvgIpc) is 2.59. The lowest BCUT2D eigenvalue weighted by Crippen LogP contribution is -2.46. The zero-order chi connectivity index (χ0) is 16.4. The number of rotatable bonds is 7. The van der Waals surface area contributed by atoms with Crippen LogP contribution in [-0.4, -0.2) is 75.1 Å². The maximum atomic E-state index is 9.00. The van der Waals surface area contributed by atoms with Crippen molar-refractivity contribution in [3.63, 3.8) is 0 Å². The third-order valence-corrected chi connectivity index (χ3v) is 4.90. The van der Waals surface area contributed by atoms with E-state index in [1.165, 1.54) is 32.1 Å². The first-order valence-electron chi connectivity index (χ1n) is 9.21. The molecule has 0 unspecified atom stereocenters. The Kier molecular flexibility index (Phi) is 8.12. The second-order valence-corrected chi connectivity index (χ2v) is 6.79. The van der Waals surface area contributed by atoms with E-state index in [0.717, 1.165) is 51.9 Å². The van der Waals surface area contributed by atoms with Crippen molar-refractivity contribution in [1.82, 2.24) is 15.5 Å². The molecule has 6 nitrogen and oxygen atoms in total. The minimum atomic E-state index is 0.128. The number of ether oxygens (including phenoxy) is 1. The SMILES string of the molecule is CCNC(=NCC1(CN2CCOCC2)CCCCC1)NCCO. The molecular formula is C17H34N4O2. The third kappa shape index (κ3) is 6.28. The highest BCUT2D eigenvalue weighted by Crippen LogP contribution is 2.37. The van der Waals surface area contributed by atoms with Gasteiger partial charge in [-0.2, -0.15) is 0 Å². The molecule has 0 spiro atoms. The van der Waals surface area contributed by atoms with Gasteiger partial charge in [0.25, 0.3) is 0 Å². The van der Waals surface area contributed by atoms with Gasteiger partial charge in [0, 0.05) is 44.7 Å². The standard InChI is InChI=1S/C17H34N4O2/c1-2-18-16(19-8-11-22)20-14-17(6-4-3-5-7-17)15-21-9-12-23-13-10-21/h22H,2-15H2,1H3,(H2,18,19,20). The quantitative estimate of drug-likeness (QED) is 0.477. The summed E-state index contributed by atoms with van der Waals surface area (Å²) in [6.45, 7) is 9.41. The molecule has 1 aliphatic carbocycles. The predicted molar refractivity (Wildman–Crippen MR) is 93.8 cm³/mol. The Morgan fingerprint density at radius 3 is 2.57 bits per heavy atom. The summed E-state index contributed by atoms with van der Waals surface area (Å²) >= 11 is 0. The Bertz CT molecular complexity index is 351. The van der Waals surface area contributed by atoms with Gasteiger partial charge < -0.3 is 20.5 Å². The Morgan fingerprint density at radius 1 is 1.17 bits per heavy atom. The first-order chi connectivity index (χ1) is 11.3. The van der Waals surface area contributed by atoms with Gasteiger partial charge in [0.15, 0.2) is 5.96 Å². The lowest BCUT2D eigenvalue weighted by molar-refractivity contribution is 0.00937. The van der Waals surface area contributed by atoms with E-state index < -0.39 is 0 Å². The lowest BCUT2D eigenvalue weighted by Gasteiger charge is -2.41. The molecule has 0 bridgehead atoms. The van der Waals surface area contributed by atoms with Crippen molar-refractivity contribution in [2.75, 3.05) is 59.1 Å². The summed E-state index contributed by atoms with van der Waals surface area (Å²) in [5.41, 5.74) is 0.303. The molecule has 0 radical (unpaired) electrons. The van der Waals surface area contributed by atoms with Crippen molar-refractivity contribution < 1.29 is 9.84 Å². The molecule has 0 atom stereocenters. The van der Waals surface area contributed by atoms with E-state index in [0.29, 0.717) is 12.0 Å². The van der Waals surface area contributed by atoms with Crippen LogP contribution in [0.5, 0.6) is 0 Å². The molecule has 2 fully saturated rings. The van der Waals surface area contributed by atoms with E-state index in [2.05, 4.69) is 22.5 Å². The van der Waals surface area contributed by atoms with Crippen molar-refractivity contribution in [2.24, 2.45) is 10.4 Å². The number of hydrogen-bond donors (Lipinski definition) is 3. The maximum Gasteiger partial charge on any atom is 0.191 e. The monoisotopic (exact) mass is 326 g/mol. The Hall–Kier alpha value is -0.850. The van der Waals surface area contributed by atoms with E-state index in [9.17, 15) is 0 Å². The molecule has 1 saturated heterocycles. The molecule has 2 rings (SSSR count). The van der Waals surface area contributed by atoms with Crippen molar-refractivity contribution in [3.8, 4) is 0 Å². The molecule has 6 heteroatoms. The van der Waals surface area contributed by atoms with Crippen LogP contribution in [-0.2, 0) is 4.74 Å². The molecule has 0 aromatic rings. The van der Waals surface area contributed by atoms with Crippen LogP contribution in [0.4, 0.5) is 0 Å². The first kappa shape index (κ1) is 18.5. The maximum absolute atomic E-state index is 9.00. The van der Waals surface area contributed by atoms with Gasteiger partial charge in [-0.05, 0) is 19.8 Å². The highest BCUT2D eigenvalue weighted by molar-refractivity contribution is 5.79. The van der Waals surface area contributed by atoms with Crippen molar-refractivity contribution >= 4 is 5.96 Å². The Morgan fingerprint density at radius 2 is 1.91 bits per heavy atom. The predicted octanol–water partition coefficient (Wildman–Crippen LogP) is 0.817. The fourth-order valence-electron chi connectivity index (χ4n) is 3.66. The minimum absolute atomic E-state index is 0.128. The molecule has 1 saturated carbocycles. The van der Waals surface area contributed by atoms with E-state index in [1.807, 2.05) is 0 Å². The molecule has 0 aromatic heterocycles. The molecule has 1 heterocycles. The number of aliphatic hydroxyl groups excluding tert-OH is 1. The van der Waals surface area contributed by atoms with Crippen molar-refractivity contribution in [3.05, 3.63) is 0 Å². The number of nitrogens with one attached hydrogen (secondary N) is 2. The number of aliphatic imine (C=N–C) groups is 1. The van der Waals surface area contributed by atoms with Gasteiger partial charge in [-0.3, -0.25) is 9.89 Å². The summed E-state index contributed by atoms with van der Waals surface area (Å²) in [7, 11) is 0. The average molecular weight is 326 g/mol. The summed E-state index contributed by atoms with van der Waals surface area (Å²) in [5, 5.41) is 15.5. The van der Waals surface area contributed by atoms with E-state index in [4.69, 9.17) is 14.8 Å². The van der Waals surface area contributed by atoms with Crippen LogP contribution in [0.1, 0.15) is 39.0 Å². The smallest absolute Gasteiger partial charge is 0.191 e. The highest BCUT2D eigenvalue weighted by Gasteiger charge is 2.34. The molecule has 1 aliphatic heterocycles. The minimum Gasteiger partial charge on any atom is -0.395 e. The number of guanidine groups is 1. The first-order valence-corrected chi connectivity index (χ1v) is 9.21. The fraction of sp³-hybridized carbons (Fsp3) is 0.941. The molecule has 134 valence electrons. The largest absolute Gasteiger partial charge is 0.395 e. The summed E-state index contributed by atoms with van der Waals surface area (Å²) in [5.74, 6) is 0.827. The van der Waals surface area contributed by atoms with Gasteiger partial charge in [0.05, 0.1) is 19.8 Å². The van der Waals surface area contributed by atoms with E-state index in [-0.39, 0.29) is 6.61 Å². The summed E-state index contributed by atoms with van der Waals surface area (Å²) in [6, 6.07) is 0. The van der Waals surface area contributed by atoms with Crippen molar-refractivity contribution in [1.29, 1.82) is 0 Å². The number of aliphatic hydroxyl groups is 1. The van der Waals surface area contributed by atoms with Gasteiger partial charge >= 0.3 is 0 Å². The normalized spacial score (nSPS) is 22.8. The van der Waals surface area contributed by atoms with E-state index in [1.54, 1.807) is 0 Å². The van der Waals surface area contributed by atoms with Crippen molar-refractivity contribution in [2.45, 2.75) is 39.0 Å². The zero-order valence-corrected chi connectivity index (χ0v) is 14.6. The zero-order valence-electron chi connectivity index (χ0n) is 14.6. The van der Waals surface area contributed by atoms with Gasteiger partial charge in [0.1, 0.15) is 0 Å². The van der Waals surface area contributed by atoms with Gasteiger partial charge in [-0.1, -0.05) is 19.3 Å². The molecular weight excluding hydrogens is 292 g/mol. The van der Waals surface area contributed by atoms with Crippen LogP contribution in [0.3, 0.4) is 0 Å². The molecule has 0 aromatic carbocycles. The van der Waals surface area contributed by atoms with Crippen LogP contribution in [0.2, 0.25) is 0 Å². The molecule has 3 N–H and O–H groups in total. The summed E-state index contributed by atoms with van der Waals surface area (Å²) in [6.07, 6.45) is 6.54. The van der Waals surface area contributed by atoms with E-state index >= 15 is 0 Å². The number of hydrogen-bond acceptors (Lipinski definition) is 4. The van der Waals surface area contributed by atoms with Crippen LogP contribution in [0.15, 0.2) is 4.99 Å². The third-order valence-electron chi connectivity index (χ3n) is 4.90. The summed E-state index contributed by atoms with van der Waals surface area (Å²) in [4.78, 5) is 7.39. The summed E-state index contributed by atoms with van der Waals surface area (Å²) < 4.78 is 5.48.